The molecule has 98 valence electrons. The second-order valence-electron chi connectivity index (χ2n) is 4.15. The average molecular weight is 300 g/mol. The van der Waals surface area contributed by atoms with Gasteiger partial charge in [0.2, 0.25) is 0 Å². The molecule has 0 saturated carbocycles. The standard InChI is InChI=1S/C15H9FN2S2/c16-10-4-1-3-9(7-10)15-13(11-5-2-6-19-11)14(18)12(8-17)20-15/h1-7H,18H2. The minimum absolute atomic E-state index is 0.301. The van der Waals surface area contributed by atoms with Gasteiger partial charge < -0.3 is 5.73 Å². The highest BCUT2D eigenvalue weighted by molar-refractivity contribution is 7.18. The molecule has 0 spiro atoms. The van der Waals surface area contributed by atoms with Crippen LogP contribution in [0.2, 0.25) is 0 Å². The Bertz CT molecular complexity index is 798. The first kappa shape index (κ1) is 12.9. The molecule has 0 bridgehead atoms. The van der Waals surface area contributed by atoms with E-state index in [1.807, 2.05) is 23.6 Å². The largest absolute Gasteiger partial charge is 0.396 e. The normalized spacial score (nSPS) is 10.4. The van der Waals surface area contributed by atoms with E-state index < -0.39 is 0 Å². The summed E-state index contributed by atoms with van der Waals surface area (Å²) in [4.78, 5) is 2.29. The van der Waals surface area contributed by atoms with Crippen LogP contribution in [0.4, 0.5) is 10.1 Å². The van der Waals surface area contributed by atoms with Crippen LogP contribution in [0.5, 0.6) is 0 Å². The molecule has 2 heterocycles. The van der Waals surface area contributed by atoms with Crippen LogP contribution in [0.15, 0.2) is 41.8 Å². The average Bonchev–Trinajstić information content (AvgIpc) is 3.05. The van der Waals surface area contributed by atoms with E-state index in [-0.39, 0.29) is 5.82 Å². The molecule has 20 heavy (non-hydrogen) atoms. The molecular weight excluding hydrogens is 291 g/mol. The van der Waals surface area contributed by atoms with Gasteiger partial charge in [-0.1, -0.05) is 18.2 Å². The molecule has 0 aliphatic rings. The molecule has 0 fully saturated rings. The fourth-order valence-electron chi connectivity index (χ4n) is 2.03. The van der Waals surface area contributed by atoms with Crippen LogP contribution in [-0.2, 0) is 0 Å². The van der Waals surface area contributed by atoms with Gasteiger partial charge in [0.25, 0.3) is 0 Å². The number of benzene rings is 1. The zero-order valence-corrected chi connectivity index (χ0v) is 11.9. The second-order valence-corrected chi connectivity index (χ2v) is 6.12. The van der Waals surface area contributed by atoms with Gasteiger partial charge in [-0.25, -0.2) is 4.39 Å². The first-order valence-corrected chi connectivity index (χ1v) is 7.52. The van der Waals surface area contributed by atoms with Gasteiger partial charge in [0, 0.05) is 15.3 Å². The first-order valence-electron chi connectivity index (χ1n) is 5.83. The summed E-state index contributed by atoms with van der Waals surface area (Å²) in [5.41, 5.74) is 8.12. The Hall–Kier alpha value is -2.16. The van der Waals surface area contributed by atoms with Gasteiger partial charge in [0.05, 0.1) is 5.69 Å². The van der Waals surface area contributed by atoms with Gasteiger partial charge >= 0.3 is 0 Å². The quantitative estimate of drug-likeness (QED) is 0.743. The number of hydrogen-bond acceptors (Lipinski definition) is 4. The third-order valence-electron chi connectivity index (χ3n) is 2.90. The predicted octanol–water partition coefficient (Wildman–Crippen LogP) is 4.74. The zero-order chi connectivity index (χ0) is 14.1. The molecule has 0 radical (unpaired) electrons. The second kappa shape index (κ2) is 5.08. The number of nitrogen functional groups attached to an aromatic ring is 1. The number of thiophene rings is 2. The molecule has 0 amide bonds. The van der Waals surface area contributed by atoms with Gasteiger partial charge in [-0.2, -0.15) is 5.26 Å². The van der Waals surface area contributed by atoms with Crippen molar-refractivity contribution in [1.29, 1.82) is 5.26 Å². The van der Waals surface area contributed by atoms with E-state index in [1.54, 1.807) is 17.4 Å². The lowest BCUT2D eigenvalue weighted by atomic mass is 10.1. The lowest BCUT2D eigenvalue weighted by Gasteiger charge is -2.03. The first-order chi connectivity index (χ1) is 9.70. The molecule has 2 N–H and O–H groups in total. The maximum Gasteiger partial charge on any atom is 0.129 e. The van der Waals surface area contributed by atoms with Crippen molar-refractivity contribution >= 4 is 28.4 Å². The topological polar surface area (TPSA) is 49.8 Å². The van der Waals surface area contributed by atoms with Gasteiger partial charge in [-0.3, -0.25) is 0 Å². The molecular formula is C15H9FN2S2. The van der Waals surface area contributed by atoms with E-state index in [1.165, 1.54) is 23.5 Å². The summed E-state index contributed by atoms with van der Waals surface area (Å²) < 4.78 is 13.4. The van der Waals surface area contributed by atoms with Crippen molar-refractivity contribution in [1.82, 2.24) is 0 Å². The molecule has 0 saturated heterocycles. The summed E-state index contributed by atoms with van der Waals surface area (Å²) in [6, 6.07) is 12.3. The number of halogens is 1. The van der Waals surface area contributed by atoms with Crippen molar-refractivity contribution in [3.05, 3.63) is 52.5 Å². The van der Waals surface area contributed by atoms with Crippen LogP contribution in [-0.4, -0.2) is 0 Å². The van der Waals surface area contributed by atoms with Crippen molar-refractivity contribution in [3.8, 4) is 27.0 Å². The summed E-state index contributed by atoms with van der Waals surface area (Å²) >= 11 is 2.85. The summed E-state index contributed by atoms with van der Waals surface area (Å²) in [6.07, 6.45) is 0. The molecule has 5 heteroatoms. The number of nitriles is 1. The van der Waals surface area contributed by atoms with Crippen molar-refractivity contribution in [3.63, 3.8) is 0 Å². The molecule has 0 aliphatic carbocycles. The number of rotatable bonds is 2. The van der Waals surface area contributed by atoms with Crippen LogP contribution in [0.25, 0.3) is 20.9 Å². The fraction of sp³-hybridized carbons (Fsp3) is 0. The Morgan fingerprint density at radius 2 is 2.05 bits per heavy atom. The van der Waals surface area contributed by atoms with Crippen LogP contribution in [0, 0.1) is 17.1 Å². The molecule has 0 unspecified atom stereocenters. The van der Waals surface area contributed by atoms with E-state index in [0.717, 1.165) is 20.9 Å². The van der Waals surface area contributed by atoms with Crippen molar-refractivity contribution in [2.75, 3.05) is 5.73 Å². The highest BCUT2D eigenvalue weighted by atomic mass is 32.1. The Kier molecular flexibility index (Phi) is 3.26. The molecule has 0 atom stereocenters. The third-order valence-corrected chi connectivity index (χ3v) is 4.95. The highest BCUT2D eigenvalue weighted by Gasteiger charge is 2.19. The number of nitrogens with zero attached hydrogens (tertiary/aromatic N) is 1. The number of nitrogens with two attached hydrogens (primary N) is 1. The van der Waals surface area contributed by atoms with E-state index in [4.69, 9.17) is 11.0 Å². The van der Waals surface area contributed by atoms with E-state index >= 15 is 0 Å². The lowest BCUT2D eigenvalue weighted by Crippen LogP contribution is -1.88. The van der Waals surface area contributed by atoms with Crippen molar-refractivity contribution < 1.29 is 4.39 Å². The summed E-state index contributed by atoms with van der Waals surface area (Å²) in [5.74, 6) is -0.301. The van der Waals surface area contributed by atoms with E-state index in [9.17, 15) is 4.39 Å². The molecule has 2 nitrogen and oxygen atoms in total. The van der Waals surface area contributed by atoms with Gasteiger partial charge in [0.1, 0.15) is 16.8 Å². The van der Waals surface area contributed by atoms with Crippen molar-refractivity contribution in [2.45, 2.75) is 0 Å². The van der Waals surface area contributed by atoms with E-state index in [2.05, 4.69) is 6.07 Å². The number of anilines is 1. The SMILES string of the molecule is N#Cc1sc(-c2cccc(F)c2)c(-c2cccs2)c1N. The third kappa shape index (κ3) is 2.09. The maximum absolute atomic E-state index is 13.4. The monoisotopic (exact) mass is 300 g/mol. The molecule has 1 aromatic carbocycles. The van der Waals surface area contributed by atoms with Gasteiger partial charge in [0.15, 0.2) is 0 Å². The minimum atomic E-state index is -0.301. The Labute approximate surface area is 123 Å². The Morgan fingerprint density at radius 3 is 2.70 bits per heavy atom. The molecule has 3 aromatic rings. The lowest BCUT2D eigenvalue weighted by molar-refractivity contribution is 0.628. The van der Waals surface area contributed by atoms with Crippen LogP contribution in [0.3, 0.4) is 0 Å². The summed E-state index contributed by atoms with van der Waals surface area (Å²) in [7, 11) is 0. The van der Waals surface area contributed by atoms with Gasteiger partial charge in [-0.05, 0) is 29.1 Å². The van der Waals surface area contributed by atoms with Gasteiger partial charge in [-0.15, -0.1) is 22.7 Å². The van der Waals surface area contributed by atoms with Crippen LogP contribution >= 0.6 is 22.7 Å². The predicted molar refractivity (Wildman–Crippen MR) is 82.2 cm³/mol. The summed E-state index contributed by atoms with van der Waals surface area (Å²) in [5, 5.41) is 11.1. The maximum atomic E-state index is 13.4. The highest BCUT2D eigenvalue weighted by Crippen LogP contribution is 2.46. The Balaban J connectivity index is 2.28. The van der Waals surface area contributed by atoms with Crippen molar-refractivity contribution in [2.24, 2.45) is 0 Å². The van der Waals surface area contributed by atoms with E-state index in [0.29, 0.717) is 10.6 Å². The number of hydrogen-bond donors (Lipinski definition) is 1. The fourth-order valence-corrected chi connectivity index (χ4v) is 3.91. The Morgan fingerprint density at radius 1 is 1.20 bits per heavy atom. The minimum Gasteiger partial charge on any atom is -0.396 e. The summed E-state index contributed by atoms with van der Waals surface area (Å²) in [6.45, 7) is 0. The smallest absolute Gasteiger partial charge is 0.129 e. The zero-order valence-electron chi connectivity index (χ0n) is 10.3. The molecule has 3 rings (SSSR count). The molecule has 0 aliphatic heterocycles. The molecule has 2 aromatic heterocycles. The van der Waals surface area contributed by atoms with Crippen LogP contribution in [0.1, 0.15) is 4.88 Å². The van der Waals surface area contributed by atoms with Crippen LogP contribution < -0.4 is 5.73 Å².